The van der Waals surface area contributed by atoms with Crippen molar-refractivity contribution in [2.75, 3.05) is 6.54 Å². The predicted octanol–water partition coefficient (Wildman–Crippen LogP) is 2.87. The molecule has 1 aromatic carbocycles. The lowest BCUT2D eigenvalue weighted by atomic mass is 9.97. The molecule has 2 heteroatoms. The molecule has 1 nitrogen and oxygen atoms in total. The first-order chi connectivity index (χ1) is 6.70. The smallest absolute Gasteiger partial charge is 0.129 e. The Morgan fingerprint density at radius 1 is 1.36 bits per heavy atom. The molecule has 1 unspecified atom stereocenters. The second-order valence-corrected chi connectivity index (χ2v) is 4.06. The van der Waals surface area contributed by atoms with Gasteiger partial charge in [-0.2, -0.15) is 0 Å². The van der Waals surface area contributed by atoms with Gasteiger partial charge in [0, 0.05) is 6.04 Å². The molecule has 2 rings (SSSR count). The Labute approximate surface area is 84.3 Å². The first-order valence-corrected chi connectivity index (χ1v) is 5.19. The fourth-order valence-corrected chi connectivity index (χ4v) is 2.16. The molecule has 1 atom stereocenters. The largest absolute Gasteiger partial charge is 0.310 e. The molecule has 1 N–H and O–H groups in total. The molecule has 0 radical (unpaired) electrons. The Hall–Kier alpha value is -0.890. The number of nitrogens with one attached hydrogen (secondary N) is 1. The molecule has 76 valence electrons. The van der Waals surface area contributed by atoms with Crippen LogP contribution in [0, 0.1) is 19.7 Å². The Bertz CT molecular complexity index is 340. The van der Waals surface area contributed by atoms with E-state index in [1.807, 2.05) is 19.9 Å². The summed E-state index contributed by atoms with van der Waals surface area (Å²) < 4.78 is 13.6. The van der Waals surface area contributed by atoms with E-state index in [4.69, 9.17) is 0 Å². The molecule has 0 bridgehead atoms. The highest BCUT2D eigenvalue weighted by Gasteiger charge is 2.19. The molecular formula is C12H16FN. The summed E-state index contributed by atoms with van der Waals surface area (Å²) in [6, 6.07) is 4.29. The van der Waals surface area contributed by atoms with Crippen LogP contribution in [-0.2, 0) is 0 Å². The van der Waals surface area contributed by atoms with Crippen molar-refractivity contribution in [2.24, 2.45) is 0 Å². The minimum Gasteiger partial charge on any atom is -0.310 e. The Morgan fingerprint density at radius 3 is 2.79 bits per heavy atom. The highest BCUT2D eigenvalue weighted by Crippen LogP contribution is 2.28. The van der Waals surface area contributed by atoms with Crippen LogP contribution < -0.4 is 5.32 Å². The van der Waals surface area contributed by atoms with Gasteiger partial charge in [0.1, 0.15) is 5.82 Å². The highest BCUT2D eigenvalue weighted by atomic mass is 19.1. The molecule has 1 heterocycles. The minimum atomic E-state index is -0.0452. The van der Waals surface area contributed by atoms with Gasteiger partial charge in [0.2, 0.25) is 0 Å². The monoisotopic (exact) mass is 193 g/mol. The van der Waals surface area contributed by atoms with Gasteiger partial charge in [-0.15, -0.1) is 0 Å². The van der Waals surface area contributed by atoms with E-state index in [1.54, 1.807) is 0 Å². The van der Waals surface area contributed by atoms with Crippen molar-refractivity contribution in [3.05, 3.63) is 34.6 Å². The average molecular weight is 193 g/mol. The maximum absolute atomic E-state index is 13.6. The molecule has 1 aliphatic rings. The summed E-state index contributed by atoms with van der Waals surface area (Å²) in [5.74, 6) is -0.0452. The summed E-state index contributed by atoms with van der Waals surface area (Å²) in [6.45, 7) is 4.74. The standard InChI is InChI=1S/C12H16FN/c1-8-5-6-10(9(2)12(8)13)11-4-3-7-14-11/h5-6,11,14H,3-4,7H2,1-2H3. The van der Waals surface area contributed by atoms with Gasteiger partial charge in [-0.25, -0.2) is 4.39 Å². The van der Waals surface area contributed by atoms with Crippen LogP contribution in [0.1, 0.15) is 35.6 Å². The number of halogens is 1. The maximum Gasteiger partial charge on any atom is 0.129 e. The van der Waals surface area contributed by atoms with E-state index in [2.05, 4.69) is 11.4 Å². The molecule has 0 aromatic heterocycles. The van der Waals surface area contributed by atoms with Gasteiger partial charge in [0.25, 0.3) is 0 Å². The van der Waals surface area contributed by atoms with Gasteiger partial charge in [0.05, 0.1) is 0 Å². The van der Waals surface area contributed by atoms with E-state index in [0.717, 1.165) is 29.7 Å². The average Bonchev–Trinajstić information content (AvgIpc) is 2.67. The summed E-state index contributed by atoms with van der Waals surface area (Å²) in [6.07, 6.45) is 2.32. The summed E-state index contributed by atoms with van der Waals surface area (Å²) in [5, 5.41) is 3.39. The molecule has 0 amide bonds. The van der Waals surface area contributed by atoms with E-state index in [1.165, 1.54) is 6.42 Å². The second-order valence-electron chi connectivity index (χ2n) is 4.06. The van der Waals surface area contributed by atoms with Crippen molar-refractivity contribution in [3.63, 3.8) is 0 Å². The molecule has 0 spiro atoms. The van der Waals surface area contributed by atoms with Crippen molar-refractivity contribution in [3.8, 4) is 0 Å². The van der Waals surface area contributed by atoms with Crippen LogP contribution in [0.5, 0.6) is 0 Å². The van der Waals surface area contributed by atoms with Crippen molar-refractivity contribution >= 4 is 0 Å². The summed E-state index contributed by atoms with van der Waals surface area (Å²) >= 11 is 0. The third-order valence-electron chi connectivity index (χ3n) is 3.06. The number of hydrogen-bond acceptors (Lipinski definition) is 1. The summed E-state index contributed by atoms with van der Waals surface area (Å²) in [5.41, 5.74) is 2.68. The summed E-state index contributed by atoms with van der Waals surface area (Å²) in [7, 11) is 0. The molecule has 0 saturated carbocycles. The predicted molar refractivity (Wildman–Crippen MR) is 55.9 cm³/mol. The molecule has 1 saturated heterocycles. The first-order valence-electron chi connectivity index (χ1n) is 5.19. The van der Waals surface area contributed by atoms with Crippen molar-refractivity contribution in [1.29, 1.82) is 0 Å². The first kappa shape index (κ1) is 9.66. The van der Waals surface area contributed by atoms with Crippen molar-refractivity contribution < 1.29 is 4.39 Å². The van der Waals surface area contributed by atoms with Crippen LogP contribution in [0.2, 0.25) is 0 Å². The number of benzene rings is 1. The zero-order valence-electron chi connectivity index (χ0n) is 8.73. The minimum absolute atomic E-state index is 0.0452. The van der Waals surface area contributed by atoms with E-state index in [9.17, 15) is 4.39 Å². The van der Waals surface area contributed by atoms with Gasteiger partial charge >= 0.3 is 0 Å². The van der Waals surface area contributed by atoms with Crippen LogP contribution in [0.4, 0.5) is 4.39 Å². The maximum atomic E-state index is 13.6. The Kier molecular flexibility index (Phi) is 2.55. The number of rotatable bonds is 1. The molecule has 1 aromatic rings. The zero-order chi connectivity index (χ0) is 10.1. The number of hydrogen-bond donors (Lipinski definition) is 1. The van der Waals surface area contributed by atoms with Gasteiger partial charge < -0.3 is 5.32 Å². The third kappa shape index (κ3) is 1.55. The van der Waals surface area contributed by atoms with Crippen LogP contribution in [0.15, 0.2) is 12.1 Å². The number of aryl methyl sites for hydroxylation is 1. The SMILES string of the molecule is Cc1ccc(C2CCCN2)c(C)c1F. The van der Waals surface area contributed by atoms with E-state index >= 15 is 0 Å². The van der Waals surface area contributed by atoms with Gasteiger partial charge in [-0.1, -0.05) is 12.1 Å². The Balaban J connectivity index is 2.38. The van der Waals surface area contributed by atoms with Gasteiger partial charge in [-0.3, -0.25) is 0 Å². The van der Waals surface area contributed by atoms with Crippen LogP contribution in [-0.4, -0.2) is 6.54 Å². The zero-order valence-corrected chi connectivity index (χ0v) is 8.73. The van der Waals surface area contributed by atoms with Crippen LogP contribution in [0.3, 0.4) is 0 Å². The summed E-state index contributed by atoms with van der Waals surface area (Å²) in [4.78, 5) is 0. The van der Waals surface area contributed by atoms with E-state index in [-0.39, 0.29) is 5.82 Å². The van der Waals surface area contributed by atoms with Crippen LogP contribution in [0.25, 0.3) is 0 Å². The van der Waals surface area contributed by atoms with E-state index < -0.39 is 0 Å². The molecular weight excluding hydrogens is 177 g/mol. The van der Waals surface area contributed by atoms with Crippen molar-refractivity contribution in [2.45, 2.75) is 32.7 Å². The lowest BCUT2D eigenvalue weighted by Gasteiger charge is -2.15. The lowest BCUT2D eigenvalue weighted by Crippen LogP contribution is -2.14. The molecule has 1 aliphatic heterocycles. The molecule has 1 fully saturated rings. The lowest BCUT2D eigenvalue weighted by molar-refractivity contribution is 0.588. The molecule has 0 aliphatic carbocycles. The van der Waals surface area contributed by atoms with Gasteiger partial charge in [-0.05, 0) is 49.9 Å². The normalized spacial score (nSPS) is 21.5. The third-order valence-corrected chi connectivity index (χ3v) is 3.06. The quantitative estimate of drug-likeness (QED) is 0.723. The van der Waals surface area contributed by atoms with Crippen molar-refractivity contribution in [1.82, 2.24) is 5.32 Å². The van der Waals surface area contributed by atoms with Gasteiger partial charge in [0.15, 0.2) is 0 Å². The Morgan fingerprint density at radius 2 is 2.14 bits per heavy atom. The topological polar surface area (TPSA) is 12.0 Å². The fraction of sp³-hybridized carbons (Fsp3) is 0.500. The molecule has 14 heavy (non-hydrogen) atoms. The van der Waals surface area contributed by atoms with E-state index in [0.29, 0.717) is 6.04 Å². The second kappa shape index (κ2) is 3.70. The fourth-order valence-electron chi connectivity index (χ4n) is 2.16. The highest BCUT2D eigenvalue weighted by molar-refractivity contribution is 5.34. The van der Waals surface area contributed by atoms with Crippen LogP contribution >= 0.6 is 0 Å².